The summed E-state index contributed by atoms with van der Waals surface area (Å²) in [6, 6.07) is 0. The highest BCUT2D eigenvalue weighted by Crippen LogP contribution is 2.19. The van der Waals surface area contributed by atoms with Crippen LogP contribution in [-0.4, -0.2) is 60.3 Å². The fraction of sp³-hybridized carbons (Fsp3) is 0.733. The number of ether oxygens (including phenoxy) is 1. The summed E-state index contributed by atoms with van der Waals surface area (Å²) >= 11 is 0. The van der Waals surface area contributed by atoms with Crippen molar-refractivity contribution in [1.82, 2.24) is 15.0 Å². The van der Waals surface area contributed by atoms with E-state index < -0.39 is 0 Å². The Kier molecular flexibility index (Phi) is 4.26. The Morgan fingerprint density at radius 2 is 2.05 bits per heavy atom. The predicted octanol–water partition coefficient (Wildman–Crippen LogP) is 0.972. The lowest BCUT2D eigenvalue weighted by molar-refractivity contribution is -0.137. The van der Waals surface area contributed by atoms with Gasteiger partial charge in [0.25, 0.3) is 0 Å². The molecule has 0 aliphatic carbocycles. The predicted molar refractivity (Wildman–Crippen MR) is 76.8 cm³/mol. The second-order valence-electron chi connectivity index (χ2n) is 5.96. The molecule has 2 saturated heterocycles. The first kappa shape index (κ1) is 14.5. The average molecular weight is 293 g/mol. The molecule has 2 aliphatic rings. The maximum Gasteiger partial charge on any atom is 0.228 e. The zero-order valence-corrected chi connectivity index (χ0v) is 12.8. The zero-order valence-electron chi connectivity index (χ0n) is 12.8. The third-order valence-electron chi connectivity index (χ3n) is 4.53. The topological polar surface area (TPSA) is 58.8 Å². The van der Waals surface area contributed by atoms with E-state index in [0.29, 0.717) is 6.61 Å². The number of hydrogen-bond acceptors (Lipinski definition) is 5. The molecule has 0 radical (unpaired) electrons. The lowest BCUT2D eigenvalue weighted by atomic mass is 10.1. The number of hydrogen-bond donors (Lipinski definition) is 0. The van der Waals surface area contributed by atoms with Gasteiger partial charge in [0.1, 0.15) is 5.76 Å². The van der Waals surface area contributed by atoms with Crippen molar-refractivity contribution in [2.24, 2.45) is 5.92 Å². The summed E-state index contributed by atoms with van der Waals surface area (Å²) in [6.07, 6.45) is 0.873. The molecule has 1 aromatic heterocycles. The molecule has 0 bridgehead atoms. The molecule has 116 valence electrons. The van der Waals surface area contributed by atoms with Crippen LogP contribution in [0.3, 0.4) is 0 Å². The Morgan fingerprint density at radius 3 is 2.62 bits per heavy atom. The summed E-state index contributed by atoms with van der Waals surface area (Å²) < 4.78 is 10.5. The van der Waals surface area contributed by atoms with Gasteiger partial charge in [-0.2, -0.15) is 0 Å². The van der Waals surface area contributed by atoms with Gasteiger partial charge in [0.05, 0.1) is 18.2 Å². The largest absolute Gasteiger partial charge is 0.381 e. The van der Waals surface area contributed by atoms with Crippen LogP contribution in [-0.2, 0) is 16.1 Å². The van der Waals surface area contributed by atoms with E-state index in [1.165, 1.54) is 5.56 Å². The van der Waals surface area contributed by atoms with E-state index in [2.05, 4.69) is 10.1 Å². The van der Waals surface area contributed by atoms with E-state index in [9.17, 15) is 4.79 Å². The lowest BCUT2D eigenvalue weighted by Gasteiger charge is -2.35. The van der Waals surface area contributed by atoms with E-state index in [1.54, 1.807) is 0 Å². The lowest BCUT2D eigenvalue weighted by Crippen LogP contribution is -2.50. The van der Waals surface area contributed by atoms with Gasteiger partial charge in [0.2, 0.25) is 5.91 Å². The fourth-order valence-electron chi connectivity index (χ4n) is 3.07. The van der Waals surface area contributed by atoms with Gasteiger partial charge in [-0.3, -0.25) is 9.69 Å². The van der Waals surface area contributed by atoms with Gasteiger partial charge >= 0.3 is 0 Å². The van der Waals surface area contributed by atoms with Crippen LogP contribution in [0.2, 0.25) is 0 Å². The van der Waals surface area contributed by atoms with E-state index in [4.69, 9.17) is 9.26 Å². The van der Waals surface area contributed by atoms with Crippen LogP contribution in [0.5, 0.6) is 0 Å². The molecule has 6 nitrogen and oxygen atoms in total. The van der Waals surface area contributed by atoms with Crippen molar-refractivity contribution in [3.05, 3.63) is 17.0 Å². The molecule has 1 atom stereocenters. The second kappa shape index (κ2) is 6.15. The smallest absolute Gasteiger partial charge is 0.228 e. The number of aromatic nitrogens is 1. The molecular weight excluding hydrogens is 270 g/mol. The van der Waals surface area contributed by atoms with Crippen molar-refractivity contribution in [3.8, 4) is 0 Å². The number of aryl methyl sites for hydroxylation is 2. The van der Waals surface area contributed by atoms with E-state index >= 15 is 0 Å². The summed E-state index contributed by atoms with van der Waals surface area (Å²) in [4.78, 5) is 16.7. The normalized spacial score (nSPS) is 23.7. The van der Waals surface area contributed by atoms with Crippen LogP contribution in [0.4, 0.5) is 0 Å². The van der Waals surface area contributed by atoms with Crippen molar-refractivity contribution in [3.63, 3.8) is 0 Å². The standard InChI is InChI=1S/C15H23N3O3/c1-11-14(12(2)21-16-11)9-17-4-6-18(7-5-17)15(19)13-3-8-20-10-13/h13H,3-10H2,1-2H3. The highest BCUT2D eigenvalue weighted by atomic mass is 16.5. The first-order valence-electron chi connectivity index (χ1n) is 7.66. The molecule has 0 N–H and O–H groups in total. The van der Waals surface area contributed by atoms with Crippen LogP contribution >= 0.6 is 0 Å². The van der Waals surface area contributed by atoms with Crippen molar-refractivity contribution < 1.29 is 14.1 Å². The molecule has 21 heavy (non-hydrogen) atoms. The number of carbonyl (C=O) groups excluding carboxylic acids is 1. The molecule has 3 rings (SSSR count). The van der Waals surface area contributed by atoms with Crippen molar-refractivity contribution in [2.45, 2.75) is 26.8 Å². The highest BCUT2D eigenvalue weighted by molar-refractivity contribution is 5.79. The molecule has 6 heteroatoms. The van der Waals surface area contributed by atoms with Gasteiger partial charge in [0, 0.05) is 44.9 Å². The van der Waals surface area contributed by atoms with Crippen molar-refractivity contribution >= 4 is 5.91 Å². The molecular formula is C15H23N3O3. The van der Waals surface area contributed by atoms with E-state index in [1.807, 2.05) is 18.7 Å². The third kappa shape index (κ3) is 3.11. The molecule has 1 aromatic rings. The van der Waals surface area contributed by atoms with Crippen molar-refractivity contribution in [1.29, 1.82) is 0 Å². The van der Waals surface area contributed by atoms with Crippen LogP contribution in [0.25, 0.3) is 0 Å². The van der Waals surface area contributed by atoms with Crippen LogP contribution in [0.15, 0.2) is 4.52 Å². The summed E-state index contributed by atoms with van der Waals surface area (Å²) in [5.74, 6) is 1.25. The fourth-order valence-corrected chi connectivity index (χ4v) is 3.07. The SMILES string of the molecule is Cc1noc(C)c1CN1CCN(C(=O)C2CCOC2)CC1. The molecule has 3 heterocycles. The Morgan fingerprint density at radius 1 is 1.29 bits per heavy atom. The third-order valence-corrected chi connectivity index (χ3v) is 4.53. The molecule has 2 fully saturated rings. The number of piperazine rings is 1. The summed E-state index contributed by atoms with van der Waals surface area (Å²) in [5.41, 5.74) is 2.15. The Bertz CT molecular complexity index is 481. The van der Waals surface area contributed by atoms with Gasteiger partial charge < -0.3 is 14.2 Å². The van der Waals surface area contributed by atoms with Gasteiger partial charge in [-0.05, 0) is 20.3 Å². The molecule has 0 aromatic carbocycles. The monoisotopic (exact) mass is 293 g/mol. The first-order chi connectivity index (χ1) is 10.1. The summed E-state index contributed by atoms with van der Waals surface area (Å²) in [5, 5.41) is 4.00. The summed E-state index contributed by atoms with van der Waals surface area (Å²) in [7, 11) is 0. The maximum absolute atomic E-state index is 12.3. The molecule has 1 amide bonds. The van der Waals surface area contributed by atoms with Gasteiger partial charge in [-0.15, -0.1) is 0 Å². The van der Waals surface area contributed by atoms with Gasteiger partial charge in [-0.25, -0.2) is 0 Å². The molecule has 1 unspecified atom stereocenters. The number of carbonyl (C=O) groups is 1. The molecule has 0 spiro atoms. The minimum absolute atomic E-state index is 0.0825. The van der Waals surface area contributed by atoms with E-state index in [0.717, 1.165) is 57.2 Å². The maximum atomic E-state index is 12.3. The minimum atomic E-state index is 0.0825. The quantitative estimate of drug-likeness (QED) is 0.831. The summed E-state index contributed by atoms with van der Waals surface area (Å²) in [6.45, 7) is 9.53. The Hall–Kier alpha value is -1.40. The average Bonchev–Trinajstić information content (AvgIpc) is 3.13. The van der Waals surface area contributed by atoms with Gasteiger partial charge in [-0.1, -0.05) is 5.16 Å². The number of nitrogens with zero attached hydrogens (tertiary/aromatic N) is 3. The second-order valence-corrected chi connectivity index (χ2v) is 5.96. The van der Waals surface area contributed by atoms with E-state index in [-0.39, 0.29) is 11.8 Å². The molecule has 0 saturated carbocycles. The highest BCUT2D eigenvalue weighted by Gasteiger charge is 2.30. The Labute approximate surface area is 125 Å². The minimum Gasteiger partial charge on any atom is -0.381 e. The van der Waals surface area contributed by atoms with Gasteiger partial charge in [0.15, 0.2) is 0 Å². The van der Waals surface area contributed by atoms with Crippen LogP contribution in [0, 0.1) is 19.8 Å². The first-order valence-corrected chi connectivity index (χ1v) is 7.66. The number of amides is 1. The van der Waals surface area contributed by atoms with Crippen molar-refractivity contribution in [2.75, 3.05) is 39.4 Å². The number of rotatable bonds is 3. The van der Waals surface area contributed by atoms with Crippen LogP contribution < -0.4 is 0 Å². The Balaban J connectivity index is 1.52. The zero-order chi connectivity index (χ0) is 14.8. The molecule has 2 aliphatic heterocycles. The van der Waals surface area contributed by atoms with Crippen LogP contribution in [0.1, 0.15) is 23.4 Å².